The molecule has 3 nitrogen and oxygen atoms in total. The highest BCUT2D eigenvalue weighted by molar-refractivity contribution is 5.37. The van der Waals surface area contributed by atoms with Crippen LogP contribution in [0.2, 0.25) is 0 Å². The third-order valence-electron chi connectivity index (χ3n) is 3.58. The Balaban J connectivity index is 1.81. The summed E-state index contributed by atoms with van der Waals surface area (Å²) in [4.78, 5) is 0. The molecule has 0 radical (unpaired) electrons. The van der Waals surface area contributed by atoms with E-state index in [1.54, 1.807) is 12.1 Å². The third kappa shape index (κ3) is 4.62. The largest absolute Gasteiger partial charge is 0.508 e. The average molecular weight is 280 g/mol. The van der Waals surface area contributed by atoms with E-state index in [0.29, 0.717) is 18.3 Å². The number of nitriles is 1. The van der Waals surface area contributed by atoms with Gasteiger partial charge in [-0.05, 0) is 49.1 Å². The standard InChI is InChI=1S/C18H20N2O/c1-14(6-7-15-8-10-18(21)11-9-15)20-13-17-5-3-2-4-16(17)12-19/h2-5,8-11,14,20-21H,6-7,13H2,1H3. The topological polar surface area (TPSA) is 56.0 Å². The molecule has 108 valence electrons. The van der Waals surface area contributed by atoms with Gasteiger partial charge in [0, 0.05) is 12.6 Å². The quantitative estimate of drug-likeness (QED) is 0.853. The van der Waals surface area contributed by atoms with Crippen LogP contribution < -0.4 is 5.32 Å². The van der Waals surface area contributed by atoms with Crippen molar-refractivity contribution in [1.29, 1.82) is 5.26 Å². The van der Waals surface area contributed by atoms with E-state index in [9.17, 15) is 5.11 Å². The first-order valence-corrected chi connectivity index (χ1v) is 7.18. The molecule has 0 saturated carbocycles. The number of nitrogens with zero attached hydrogens (tertiary/aromatic N) is 1. The second-order valence-corrected chi connectivity index (χ2v) is 5.26. The molecular weight excluding hydrogens is 260 g/mol. The summed E-state index contributed by atoms with van der Waals surface area (Å²) < 4.78 is 0. The Labute approximate surface area is 125 Å². The van der Waals surface area contributed by atoms with Gasteiger partial charge in [-0.25, -0.2) is 0 Å². The van der Waals surface area contributed by atoms with E-state index in [1.807, 2.05) is 36.4 Å². The second kappa shape index (κ2) is 7.47. The number of hydrogen-bond donors (Lipinski definition) is 2. The smallest absolute Gasteiger partial charge is 0.115 e. The average Bonchev–Trinajstić information content (AvgIpc) is 2.52. The second-order valence-electron chi connectivity index (χ2n) is 5.26. The van der Waals surface area contributed by atoms with Crippen LogP contribution in [0.1, 0.15) is 30.0 Å². The van der Waals surface area contributed by atoms with Gasteiger partial charge in [0.1, 0.15) is 5.75 Å². The summed E-state index contributed by atoms with van der Waals surface area (Å²) in [6, 6.07) is 17.6. The highest BCUT2D eigenvalue weighted by Gasteiger charge is 2.05. The Morgan fingerprint density at radius 3 is 2.57 bits per heavy atom. The van der Waals surface area contributed by atoms with Gasteiger partial charge in [-0.1, -0.05) is 30.3 Å². The van der Waals surface area contributed by atoms with Gasteiger partial charge in [-0.2, -0.15) is 5.26 Å². The number of phenolic OH excluding ortho intramolecular Hbond substituents is 1. The van der Waals surface area contributed by atoms with Crippen molar-refractivity contribution in [2.45, 2.75) is 32.4 Å². The first-order chi connectivity index (χ1) is 10.2. The molecule has 21 heavy (non-hydrogen) atoms. The molecule has 2 aromatic rings. The number of phenols is 1. The summed E-state index contributed by atoms with van der Waals surface area (Å²) in [6.45, 7) is 2.86. The van der Waals surface area contributed by atoms with Crippen molar-refractivity contribution >= 4 is 0 Å². The van der Waals surface area contributed by atoms with Crippen molar-refractivity contribution in [3.05, 3.63) is 65.2 Å². The monoisotopic (exact) mass is 280 g/mol. The van der Waals surface area contributed by atoms with Gasteiger partial charge >= 0.3 is 0 Å². The summed E-state index contributed by atoms with van der Waals surface area (Å²) in [5.74, 6) is 0.304. The molecule has 0 heterocycles. The molecule has 3 heteroatoms. The molecule has 0 saturated heterocycles. The van der Waals surface area contributed by atoms with Crippen LogP contribution in [0.5, 0.6) is 5.75 Å². The zero-order valence-electron chi connectivity index (χ0n) is 12.2. The van der Waals surface area contributed by atoms with Gasteiger partial charge in [-0.3, -0.25) is 0 Å². The van der Waals surface area contributed by atoms with Crippen LogP contribution in [0.3, 0.4) is 0 Å². The minimum atomic E-state index is 0.304. The molecule has 0 aliphatic carbocycles. The Hall–Kier alpha value is -2.31. The predicted molar refractivity (Wildman–Crippen MR) is 83.9 cm³/mol. The van der Waals surface area contributed by atoms with Gasteiger partial charge in [-0.15, -0.1) is 0 Å². The summed E-state index contributed by atoms with van der Waals surface area (Å²) in [6.07, 6.45) is 1.98. The maximum Gasteiger partial charge on any atom is 0.115 e. The molecular formula is C18H20N2O. The maximum absolute atomic E-state index is 9.26. The summed E-state index contributed by atoms with van der Waals surface area (Å²) >= 11 is 0. The van der Waals surface area contributed by atoms with Crippen LogP contribution in [-0.2, 0) is 13.0 Å². The molecule has 1 unspecified atom stereocenters. The van der Waals surface area contributed by atoms with Crippen LogP contribution in [0.25, 0.3) is 0 Å². The normalized spacial score (nSPS) is 11.8. The van der Waals surface area contributed by atoms with Gasteiger partial charge < -0.3 is 10.4 Å². The molecule has 0 amide bonds. The Kier molecular flexibility index (Phi) is 5.36. The van der Waals surface area contributed by atoms with E-state index in [2.05, 4.69) is 18.3 Å². The number of aromatic hydroxyl groups is 1. The number of benzene rings is 2. The van der Waals surface area contributed by atoms with Crippen LogP contribution >= 0.6 is 0 Å². The number of hydrogen-bond acceptors (Lipinski definition) is 3. The molecule has 2 rings (SSSR count). The SMILES string of the molecule is CC(CCc1ccc(O)cc1)NCc1ccccc1C#N. The van der Waals surface area contributed by atoms with Gasteiger partial charge in [0.15, 0.2) is 0 Å². The van der Waals surface area contributed by atoms with Crippen LogP contribution in [-0.4, -0.2) is 11.1 Å². The van der Waals surface area contributed by atoms with Crippen LogP contribution in [0.15, 0.2) is 48.5 Å². The highest BCUT2D eigenvalue weighted by Crippen LogP contribution is 2.12. The van der Waals surface area contributed by atoms with Crippen molar-refractivity contribution in [3.8, 4) is 11.8 Å². The maximum atomic E-state index is 9.26. The van der Waals surface area contributed by atoms with Crippen molar-refractivity contribution in [1.82, 2.24) is 5.32 Å². The van der Waals surface area contributed by atoms with Gasteiger partial charge in [0.25, 0.3) is 0 Å². The molecule has 2 aromatic carbocycles. The van der Waals surface area contributed by atoms with E-state index < -0.39 is 0 Å². The molecule has 0 aromatic heterocycles. The fourth-order valence-corrected chi connectivity index (χ4v) is 2.22. The lowest BCUT2D eigenvalue weighted by atomic mass is 10.0. The van der Waals surface area contributed by atoms with Crippen molar-refractivity contribution < 1.29 is 5.11 Å². The minimum absolute atomic E-state index is 0.304. The zero-order valence-corrected chi connectivity index (χ0v) is 12.2. The molecule has 0 bridgehead atoms. The summed E-state index contributed by atoms with van der Waals surface area (Å²) in [5.41, 5.74) is 2.99. The molecule has 1 atom stereocenters. The fourth-order valence-electron chi connectivity index (χ4n) is 2.22. The van der Waals surface area contributed by atoms with Crippen LogP contribution in [0, 0.1) is 11.3 Å². The summed E-state index contributed by atoms with van der Waals surface area (Å²) in [7, 11) is 0. The van der Waals surface area contributed by atoms with E-state index in [1.165, 1.54) is 5.56 Å². The number of rotatable bonds is 6. The molecule has 0 aliphatic heterocycles. The Bertz CT molecular complexity index is 614. The summed E-state index contributed by atoms with van der Waals surface area (Å²) in [5, 5.41) is 21.8. The van der Waals surface area contributed by atoms with Gasteiger partial charge in [0.05, 0.1) is 11.6 Å². The first-order valence-electron chi connectivity index (χ1n) is 7.18. The lowest BCUT2D eigenvalue weighted by Gasteiger charge is -2.14. The molecule has 0 fully saturated rings. The lowest BCUT2D eigenvalue weighted by Crippen LogP contribution is -2.26. The molecule has 0 aliphatic rings. The lowest BCUT2D eigenvalue weighted by molar-refractivity contribution is 0.474. The zero-order chi connectivity index (χ0) is 15.1. The number of aryl methyl sites for hydroxylation is 1. The molecule has 2 N–H and O–H groups in total. The predicted octanol–water partition coefficient (Wildman–Crippen LogP) is 3.37. The Morgan fingerprint density at radius 1 is 1.14 bits per heavy atom. The van der Waals surface area contributed by atoms with Crippen LogP contribution in [0.4, 0.5) is 0 Å². The number of nitrogens with one attached hydrogen (secondary N) is 1. The van der Waals surface area contributed by atoms with E-state index in [-0.39, 0.29) is 0 Å². The van der Waals surface area contributed by atoms with E-state index >= 15 is 0 Å². The van der Waals surface area contributed by atoms with Crippen molar-refractivity contribution in [3.63, 3.8) is 0 Å². The highest BCUT2D eigenvalue weighted by atomic mass is 16.3. The molecule has 0 spiro atoms. The minimum Gasteiger partial charge on any atom is -0.508 e. The third-order valence-corrected chi connectivity index (χ3v) is 3.58. The fraction of sp³-hybridized carbons (Fsp3) is 0.278. The van der Waals surface area contributed by atoms with E-state index in [4.69, 9.17) is 5.26 Å². The van der Waals surface area contributed by atoms with E-state index in [0.717, 1.165) is 24.0 Å². The van der Waals surface area contributed by atoms with Gasteiger partial charge in [0.2, 0.25) is 0 Å². The first kappa shape index (κ1) is 15.1. The van der Waals surface area contributed by atoms with Crippen molar-refractivity contribution in [2.75, 3.05) is 0 Å². The Morgan fingerprint density at radius 2 is 1.86 bits per heavy atom. The van der Waals surface area contributed by atoms with Crippen molar-refractivity contribution in [2.24, 2.45) is 0 Å².